The fraction of sp³-hybridized carbons (Fsp3) is 0.773. The lowest BCUT2D eigenvalue weighted by Gasteiger charge is -2.34. The third kappa shape index (κ3) is 6.79. The van der Waals surface area contributed by atoms with Crippen LogP contribution in [-0.2, 0) is 33.7 Å². The molecule has 1 fully saturated rings. The zero-order valence-electron chi connectivity index (χ0n) is 19.2. The Morgan fingerprint density at radius 3 is 2.32 bits per heavy atom. The van der Waals surface area contributed by atoms with E-state index in [0.717, 1.165) is 0 Å². The van der Waals surface area contributed by atoms with E-state index in [1.165, 1.54) is 4.90 Å². The van der Waals surface area contributed by atoms with E-state index in [4.69, 9.17) is 9.47 Å². The summed E-state index contributed by atoms with van der Waals surface area (Å²) in [5, 5.41) is 0. The van der Waals surface area contributed by atoms with E-state index in [0.29, 0.717) is 19.4 Å². The summed E-state index contributed by atoms with van der Waals surface area (Å²) in [4.78, 5) is 40.3. The molecule has 0 saturated carbocycles. The van der Waals surface area contributed by atoms with Gasteiger partial charge in [0.05, 0.1) is 11.5 Å². The van der Waals surface area contributed by atoms with Gasteiger partial charge >= 0.3 is 11.9 Å². The molecular formula is C22H35NO7S. The van der Waals surface area contributed by atoms with Crippen LogP contribution < -0.4 is 0 Å². The first-order chi connectivity index (χ1) is 14.3. The Labute approximate surface area is 185 Å². The summed E-state index contributed by atoms with van der Waals surface area (Å²) < 4.78 is 34.6. The molecule has 176 valence electrons. The van der Waals surface area contributed by atoms with Crippen molar-refractivity contribution < 1.29 is 32.3 Å². The van der Waals surface area contributed by atoms with Gasteiger partial charge in [-0.25, -0.2) is 8.42 Å². The van der Waals surface area contributed by atoms with Crippen molar-refractivity contribution in [3.63, 3.8) is 0 Å². The van der Waals surface area contributed by atoms with Gasteiger partial charge in [-0.15, -0.1) is 0 Å². The molecule has 0 N–H and O–H groups in total. The van der Waals surface area contributed by atoms with Crippen molar-refractivity contribution in [3.05, 3.63) is 12.2 Å². The van der Waals surface area contributed by atoms with Crippen LogP contribution in [0, 0.1) is 11.3 Å². The van der Waals surface area contributed by atoms with Gasteiger partial charge in [0, 0.05) is 12.6 Å². The Bertz CT molecular complexity index is 825. The molecule has 2 aliphatic rings. The normalized spacial score (nSPS) is 25.3. The molecule has 1 saturated heterocycles. The summed E-state index contributed by atoms with van der Waals surface area (Å²) in [5.41, 5.74) is -2.23. The van der Waals surface area contributed by atoms with Crippen molar-refractivity contribution in [2.24, 2.45) is 11.3 Å². The van der Waals surface area contributed by atoms with Crippen LogP contribution in [0.1, 0.15) is 60.3 Å². The van der Waals surface area contributed by atoms with Gasteiger partial charge in [0.15, 0.2) is 21.9 Å². The summed E-state index contributed by atoms with van der Waals surface area (Å²) in [6, 6.07) is -0.420. The Morgan fingerprint density at radius 1 is 1.16 bits per heavy atom. The molecule has 0 bridgehead atoms. The van der Waals surface area contributed by atoms with Crippen LogP contribution in [0.25, 0.3) is 0 Å². The first-order valence-corrected chi connectivity index (χ1v) is 12.6. The van der Waals surface area contributed by atoms with E-state index in [1.54, 1.807) is 26.8 Å². The van der Waals surface area contributed by atoms with Gasteiger partial charge in [0.1, 0.15) is 5.60 Å². The van der Waals surface area contributed by atoms with E-state index in [2.05, 4.69) is 0 Å². The van der Waals surface area contributed by atoms with Crippen molar-refractivity contribution >= 4 is 27.7 Å². The molecule has 1 aliphatic heterocycles. The highest BCUT2D eigenvalue weighted by atomic mass is 32.2. The number of nitrogens with zero attached hydrogens (tertiary/aromatic N) is 1. The molecule has 0 spiro atoms. The van der Waals surface area contributed by atoms with Crippen molar-refractivity contribution in [3.8, 4) is 0 Å². The molecular weight excluding hydrogens is 422 g/mol. The van der Waals surface area contributed by atoms with Gasteiger partial charge in [0.25, 0.3) is 5.91 Å². The molecule has 0 aromatic carbocycles. The maximum atomic E-state index is 13.0. The molecule has 9 heteroatoms. The van der Waals surface area contributed by atoms with Gasteiger partial charge in [0.2, 0.25) is 0 Å². The van der Waals surface area contributed by atoms with E-state index in [9.17, 15) is 22.8 Å². The monoisotopic (exact) mass is 457 g/mol. The fourth-order valence-corrected chi connectivity index (χ4v) is 5.61. The predicted molar refractivity (Wildman–Crippen MR) is 116 cm³/mol. The quantitative estimate of drug-likeness (QED) is 0.328. The number of carbonyl (C=O) groups excluding carboxylic acids is 3. The minimum atomic E-state index is -3.17. The molecule has 1 aliphatic carbocycles. The highest BCUT2D eigenvalue weighted by Crippen LogP contribution is 2.37. The molecule has 1 amide bonds. The molecule has 0 radical (unpaired) electrons. The molecule has 2 atom stereocenters. The van der Waals surface area contributed by atoms with Gasteiger partial charge in [-0.2, -0.15) is 0 Å². The number of ether oxygens (including phenoxy) is 2. The molecule has 1 heterocycles. The minimum absolute atomic E-state index is 0.0490. The summed E-state index contributed by atoms with van der Waals surface area (Å²) in [7, 11) is -3.17. The minimum Gasteiger partial charge on any atom is -0.459 e. The maximum absolute atomic E-state index is 13.0. The second-order valence-corrected chi connectivity index (χ2v) is 12.1. The van der Waals surface area contributed by atoms with Gasteiger partial charge < -0.3 is 14.4 Å². The van der Waals surface area contributed by atoms with E-state index < -0.39 is 51.3 Å². The van der Waals surface area contributed by atoms with E-state index in [1.807, 2.05) is 19.9 Å². The van der Waals surface area contributed by atoms with E-state index in [-0.39, 0.29) is 30.3 Å². The van der Waals surface area contributed by atoms with Crippen LogP contribution in [0.3, 0.4) is 0 Å². The lowest BCUT2D eigenvalue weighted by atomic mass is 9.77. The summed E-state index contributed by atoms with van der Waals surface area (Å²) >= 11 is 0. The van der Waals surface area contributed by atoms with Crippen LogP contribution in [0.4, 0.5) is 0 Å². The maximum Gasteiger partial charge on any atom is 0.324 e. The predicted octanol–water partition coefficient (Wildman–Crippen LogP) is 2.27. The third-order valence-electron chi connectivity index (χ3n) is 5.41. The third-order valence-corrected chi connectivity index (χ3v) is 7.16. The summed E-state index contributed by atoms with van der Waals surface area (Å²) in [5.74, 6) is -1.78. The number of allylic oxidation sites excluding steroid dienone is 2. The Hall–Kier alpha value is -1.90. The second-order valence-electron chi connectivity index (χ2n) is 9.87. The Kier molecular flexibility index (Phi) is 7.94. The first kappa shape index (κ1) is 25.4. The number of rotatable bonds is 7. The molecule has 2 rings (SSSR count). The van der Waals surface area contributed by atoms with Crippen LogP contribution >= 0.6 is 0 Å². The summed E-state index contributed by atoms with van der Waals surface area (Å²) in [6.07, 6.45) is 4.97. The van der Waals surface area contributed by atoms with E-state index >= 15 is 0 Å². The molecule has 0 aromatic heterocycles. The van der Waals surface area contributed by atoms with Crippen LogP contribution in [0.15, 0.2) is 12.2 Å². The smallest absolute Gasteiger partial charge is 0.324 e. The molecule has 2 unspecified atom stereocenters. The summed E-state index contributed by atoms with van der Waals surface area (Å²) in [6.45, 7) is 8.89. The number of sulfone groups is 1. The first-order valence-electron chi connectivity index (χ1n) is 10.8. The standard InChI is InChI=1S/C22H35NO7S/c1-16(2)13-23(17-9-12-31(27,28)15-17)18(24)14-29-19(25)22(10-7-6-8-11-22)20(26)30-21(3,4)5/h6-7,16-17H,8-15H2,1-5H3. The van der Waals surface area contributed by atoms with Crippen molar-refractivity contribution in [2.75, 3.05) is 24.7 Å². The molecule has 0 aromatic rings. The van der Waals surface area contributed by atoms with Crippen molar-refractivity contribution in [1.82, 2.24) is 4.90 Å². The SMILES string of the molecule is CC(C)CN(C(=O)COC(=O)C1(C(=O)OC(C)(C)C)CC=CCC1)C1CCS(=O)(=O)C1. The number of carbonyl (C=O) groups is 3. The van der Waals surface area contributed by atoms with Gasteiger partial charge in [-0.3, -0.25) is 14.4 Å². The van der Waals surface area contributed by atoms with Crippen molar-refractivity contribution in [1.29, 1.82) is 0 Å². The van der Waals surface area contributed by atoms with Crippen LogP contribution in [0.2, 0.25) is 0 Å². The number of hydrogen-bond donors (Lipinski definition) is 0. The average molecular weight is 458 g/mol. The molecule has 31 heavy (non-hydrogen) atoms. The Morgan fingerprint density at radius 2 is 1.84 bits per heavy atom. The van der Waals surface area contributed by atoms with Crippen LogP contribution in [0.5, 0.6) is 0 Å². The number of hydrogen-bond acceptors (Lipinski definition) is 7. The lowest BCUT2D eigenvalue weighted by molar-refractivity contribution is -0.182. The lowest BCUT2D eigenvalue weighted by Crippen LogP contribution is -2.48. The zero-order valence-corrected chi connectivity index (χ0v) is 20.0. The average Bonchev–Trinajstić information content (AvgIpc) is 3.02. The number of esters is 2. The van der Waals surface area contributed by atoms with Crippen LogP contribution in [-0.4, -0.2) is 67.5 Å². The second kappa shape index (κ2) is 9.71. The zero-order chi connectivity index (χ0) is 23.4. The van der Waals surface area contributed by atoms with Gasteiger partial charge in [-0.1, -0.05) is 26.0 Å². The highest BCUT2D eigenvalue weighted by molar-refractivity contribution is 7.91. The van der Waals surface area contributed by atoms with Gasteiger partial charge in [-0.05, 0) is 52.4 Å². The number of amides is 1. The fourth-order valence-electron chi connectivity index (χ4n) is 3.88. The highest BCUT2D eigenvalue weighted by Gasteiger charge is 2.50. The largest absolute Gasteiger partial charge is 0.459 e. The topological polar surface area (TPSA) is 107 Å². The molecule has 8 nitrogen and oxygen atoms in total. The Balaban J connectivity index is 2.11. The van der Waals surface area contributed by atoms with Crippen molar-refractivity contribution in [2.45, 2.75) is 71.9 Å².